The summed E-state index contributed by atoms with van der Waals surface area (Å²) < 4.78 is 41.6. The van der Waals surface area contributed by atoms with E-state index in [4.69, 9.17) is 5.11 Å². The van der Waals surface area contributed by atoms with Crippen LogP contribution in [-0.4, -0.2) is 20.9 Å². The summed E-state index contributed by atoms with van der Waals surface area (Å²) in [5, 5.41) is 12.3. The van der Waals surface area contributed by atoms with Gasteiger partial charge < -0.3 is 5.11 Å². The number of hydrogen-bond acceptors (Lipinski definition) is 2. The van der Waals surface area contributed by atoms with Gasteiger partial charge >= 0.3 is 5.97 Å². The van der Waals surface area contributed by atoms with Gasteiger partial charge in [-0.1, -0.05) is 0 Å². The summed E-state index contributed by atoms with van der Waals surface area (Å²) in [5.41, 5.74) is -1.24. The zero-order valence-electron chi connectivity index (χ0n) is 9.42. The Kier molecular flexibility index (Phi) is 3.36. The van der Waals surface area contributed by atoms with Crippen molar-refractivity contribution in [1.82, 2.24) is 9.78 Å². The average molecular weight is 335 g/mol. The van der Waals surface area contributed by atoms with Crippen molar-refractivity contribution in [3.63, 3.8) is 0 Å². The SMILES string of the molecule is Cn1nc(C(=O)O)cc1-c1c(F)c(F)cc(Br)c1F. The molecule has 0 fully saturated rings. The van der Waals surface area contributed by atoms with Gasteiger partial charge in [0.05, 0.1) is 15.7 Å². The Morgan fingerprint density at radius 3 is 2.47 bits per heavy atom. The van der Waals surface area contributed by atoms with Crippen LogP contribution in [0.2, 0.25) is 0 Å². The average Bonchev–Trinajstić information content (AvgIpc) is 2.70. The number of halogens is 4. The Labute approximate surface area is 113 Å². The van der Waals surface area contributed by atoms with Crippen LogP contribution in [0.25, 0.3) is 11.3 Å². The molecule has 1 aromatic carbocycles. The molecule has 0 atom stereocenters. The normalized spacial score (nSPS) is 10.8. The molecule has 2 aromatic rings. The third-order valence-electron chi connectivity index (χ3n) is 2.47. The van der Waals surface area contributed by atoms with Crippen LogP contribution in [0, 0.1) is 17.5 Å². The largest absolute Gasteiger partial charge is 0.476 e. The minimum absolute atomic E-state index is 0.174. The summed E-state index contributed by atoms with van der Waals surface area (Å²) in [6, 6.07) is 1.62. The van der Waals surface area contributed by atoms with Gasteiger partial charge in [0.1, 0.15) is 5.82 Å². The molecular formula is C11H6BrF3N2O2. The Hall–Kier alpha value is -1.83. The predicted molar refractivity (Wildman–Crippen MR) is 63.2 cm³/mol. The van der Waals surface area contributed by atoms with Gasteiger partial charge in [0.25, 0.3) is 0 Å². The quantitative estimate of drug-likeness (QED) is 0.859. The van der Waals surface area contributed by atoms with E-state index in [1.54, 1.807) is 0 Å². The Balaban J connectivity index is 2.75. The van der Waals surface area contributed by atoms with E-state index in [-0.39, 0.29) is 10.2 Å². The molecule has 0 unspecified atom stereocenters. The van der Waals surface area contributed by atoms with Crippen LogP contribution in [0.3, 0.4) is 0 Å². The third-order valence-corrected chi connectivity index (χ3v) is 3.04. The van der Waals surface area contributed by atoms with Gasteiger partial charge in [0.15, 0.2) is 17.3 Å². The lowest BCUT2D eigenvalue weighted by molar-refractivity contribution is 0.0689. The summed E-state index contributed by atoms with van der Waals surface area (Å²) in [4.78, 5) is 10.8. The lowest BCUT2D eigenvalue weighted by Gasteiger charge is -2.07. The minimum atomic E-state index is -1.40. The zero-order valence-corrected chi connectivity index (χ0v) is 11.0. The number of aromatic nitrogens is 2. The fourth-order valence-electron chi connectivity index (χ4n) is 1.60. The van der Waals surface area contributed by atoms with E-state index in [2.05, 4.69) is 21.0 Å². The number of hydrogen-bond donors (Lipinski definition) is 1. The topological polar surface area (TPSA) is 55.1 Å². The van der Waals surface area contributed by atoms with Crippen LogP contribution in [0.15, 0.2) is 16.6 Å². The first-order valence-corrected chi connectivity index (χ1v) is 5.73. The summed E-state index contributed by atoms with van der Waals surface area (Å²) in [6.07, 6.45) is 0. The second-order valence-corrected chi connectivity index (χ2v) is 4.54. The van der Waals surface area contributed by atoms with Crippen molar-refractivity contribution < 1.29 is 23.1 Å². The molecule has 0 bridgehead atoms. The third kappa shape index (κ3) is 2.23. The van der Waals surface area contributed by atoms with Crippen molar-refractivity contribution in [3.05, 3.63) is 39.8 Å². The van der Waals surface area contributed by atoms with Crippen molar-refractivity contribution in [2.45, 2.75) is 0 Å². The first-order chi connectivity index (χ1) is 8.82. The van der Waals surface area contributed by atoms with E-state index in [1.165, 1.54) is 7.05 Å². The van der Waals surface area contributed by atoms with E-state index < -0.39 is 34.7 Å². The number of rotatable bonds is 2. The lowest BCUT2D eigenvalue weighted by atomic mass is 10.1. The molecule has 2 rings (SSSR count). The van der Waals surface area contributed by atoms with Gasteiger partial charge in [-0.2, -0.15) is 5.10 Å². The van der Waals surface area contributed by atoms with Crippen molar-refractivity contribution >= 4 is 21.9 Å². The van der Waals surface area contributed by atoms with Crippen molar-refractivity contribution in [3.8, 4) is 11.3 Å². The molecule has 1 heterocycles. The van der Waals surface area contributed by atoms with Gasteiger partial charge in [-0.15, -0.1) is 0 Å². The van der Waals surface area contributed by atoms with Gasteiger partial charge in [0.2, 0.25) is 0 Å². The molecule has 8 heteroatoms. The van der Waals surface area contributed by atoms with Crippen molar-refractivity contribution in [2.75, 3.05) is 0 Å². The molecule has 0 amide bonds. The molecule has 0 saturated carbocycles. The number of carboxylic acid groups (broad SMARTS) is 1. The van der Waals surface area contributed by atoms with Gasteiger partial charge in [-0.25, -0.2) is 18.0 Å². The minimum Gasteiger partial charge on any atom is -0.476 e. The first kappa shape index (κ1) is 13.6. The molecular weight excluding hydrogens is 329 g/mol. The van der Waals surface area contributed by atoms with Crippen LogP contribution in [0.5, 0.6) is 0 Å². The highest BCUT2D eigenvalue weighted by Crippen LogP contribution is 2.32. The molecule has 4 nitrogen and oxygen atoms in total. The van der Waals surface area contributed by atoms with E-state index in [1.807, 2.05) is 0 Å². The highest BCUT2D eigenvalue weighted by atomic mass is 79.9. The maximum Gasteiger partial charge on any atom is 0.356 e. The molecule has 0 radical (unpaired) electrons. The second kappa shape index (κ2) is 4.69. The smallest absolute Gasteiger partial charge is 0.356 e. The second-order valence-electron chi connectivity index (χ2n) is 3.69. The highest BCUT2D eigenvalue weighted by molar-refractivity contribution is 9.10. The Bertz CT molecular complexity index is 659. The summed E-state index contributed by atoms with van der Waals surface area (Å²) in [5.74, 6) is -5.03. The van der Waals surface area contributed by atoms with Crippen LogP contribution in [0.4, 0.5) is 13.2 Å². The molecule has 100 valence electrons. The number of nitrogens with zero attached hydrogens (tertiary/aromatic N) is 2. The van der Waals surface area contributed by atoms with E-state index >= 15 is 0 Å². The van der Waals surface area contributed by atoms with Crippen LogP contribution < -0.4 is 0 Å². The maximum absolute atomic E-state index is 13.9. The van der Waals surface area contributed by atoms with Gasteiger partial charge in [-0.05, 0) is 28.1 Å². The molecule has 0 aliphatic heterocycles. The van der Waals surface area contributed by atoms with Crippen LogP contribution in [-0.2, 0) is 7.05 Å². The fourth-order valence-corrected chi connectivity index (χ4v) is 2.00. The molecule has 0 spiro atoms. The molecule has 1 N–H and O–H groups in total. The molecule has 0 aliphatic carbocycles. The van der Waals surface area contributed by atoms with E-state index in [0.29, 0.717) is 6.07 Å². The highest BCUT2D eigenvalue weighted by Gasteiger charge is 2.23. The number of carboxylic acids is 1. The summed E-state index contributed by atoms with van der Waals surface area (Å²) in [6.45, 7) is 0. The molecule has 0 aliphatic rings. The summed E-state index contributed by atoms with van der Waals surface area (Å²) >= 11 is 2.76. The van der Waals surface area contributed by atoms with Crippen molar-refractivity contribution in [1.29, 1.82) is 0 Å². The molecule has 1 aromatic heterocycles. The summed E-state index contributed by atoms with van der Waals surface area (Å²) in [7, 11) is 1.31. The maximum atomic E-state index is 13.9. The first-order valence-electron chi connectivity index (χ1n) is 4.93. The molecule has 19 heavy (non-hydrogen) atoms. The van der Waals surface area contributed by atoms with Crippen molar-refractivity contribution in [2.24, 2.45) is 7.05 Å². The van der Waals surface area contributed by atoms with Crippen LogP contribution >= 0.6 is 15.9 Å². The Morgan fingerprint density at radius 1 is 1.32 bits per heavy atom. The standard InChI is InChI=1S/C11H6BrF3N2O2/c1-17-7(3-6(16-17)11(18)19)8-9(14)4(12)2-5(13)10(8)15/h2-3H,1H3,(H,18,19). The molecule has 0 saturated heterocycles. The predicted octanol–water partition coefficient (Wildman–Crippen LogP) is 2.97. The monoisotopic (exact) mass is 334 g/mol. The van der Waals surface area contributed by atoms with Gasteiger partial charge in [0, 0.05) is 7.05 Å². The van der Waals surface area contributed by atoms with E-state index in [9.17, 15) is 18.0 Å². The fraction of sp³-hybridized carbons (Fsp3) is 0.0909. The lowest BCUT2D eigenvalue weighted by Crippen LogP contribution is -2.02. The number of carbonyl (C=O) groups is 1. The number of benzene rings is 1. The number of aryl methyl sites for hydroxylation is 1. The van der Waals surface area contributed by atoms with Gasteiger partial charge in [-0.3, -0.25) is 4.68 Å². The number of aromatic carboxylic acids is 1. The zero-order chi connectivity index (χ0) is 14.3. The van der Waals surface area contributed by atoms with E-state index in [0.717, 1.165) is 10.7 Å². The Morgan fingerprint density at radius 2 is 1.95 bits per heavy atom. The van der Waals surface area contributed by atoms with Crippen LogP contribution in [0.1, 0.15) is 10.5 Å².